The van der Waals surface area contributed by atoms with Crippen molar-refractivity contribution in [3.63, 3.8) is 0 Å². The van der Waals surface area contributed by atoms with Crippen LogP contribution in [0.3, 0.4) is 0 Å². The molecule has 0 unspecified atom stereocenters. The largest absolute Gasteiger partial charge is 0.504 e. The number of hydrogen-bond acceptors (Lipinski definition) is 12. The summed E-state index contributed by atoms with van der Waals surface area (Å²) in [5.41, 5.74) is -1.55. The van der Waals surface area contributed by atoms with E-state index in [4.69, 9.17) is 9.47 Å². The Morgan fingerprint density at radius 1 is 0.816 bits per heavy atom. The molecule has 202 valence electrons. The Hall–Kier alpha value is -4.55. The van der Waals surface area contributed by atoms with E-state index in [2.05, 4.69) is 4.74 Å². The lowest BCUT2D eigenvalue weighted by molar-refractivity contribution is -0.206. The van der Waals surface area contributed by atoms with Gasteiger partial charge in [-0.25, -0.2) is 14.4 Å². The highest BCUT2D eigenvalue weighted by Crippen LogP contribution is 2.34. The maximum absolute atomic E-state index is 12.5. The second kappa shape index (κ2) is 11.7. The maximum Gasteiger partial charge on any atom is 0.338 e. The number of carbonyl (C=O) groups is 3. The lowest BCUT2D eigenvalue weighted by Crippen LogP contribution is -2.58. The van der Waals surface area contributed by atoms with Crippen molar-refractivity contribution in [2.75, 3.05) is 7.11 Å². The van der Waals surface area contributed by atoms with E-state index in [1.165, 1.54) is 48.6 Å². The Labute approximate surface area is 216 Å². The summed E-state index contributed by atoms with van der Waals surface area (Å²) in [4.78, 5) is 37.1. The van der Waals surface area contributed by atoms with Crippen LogP contribution < -0.4 is 0 Å². The number of rotatable bonds is 7. The number of hydrogen-bond donors (Lipinski definition) is 6. The van der Waals surface area contributed by atoms with Crippen LogP contribution in [0.15, 0.2) is 48.6 Å². The van der Waals surface area contributed by atoms with Crippen molar-refractivity contribution in [2.45, 2.75) is 36.8 Å². The number of esters is 3. The summed E-state index contributed by atoms with van der Waals surface area (Å²) < 4.78 is 15.2. The van der Waals surface area contributed by atoms with E-state index >= 15 is 0 Å². The van der Waals surface area contributed by atoms with Gasteiger partial charge in [-0.05, 0) is 47.5 Å². The molecule has 12 heteroatoms. The molecule has 0 aromatic heterocycles. The molecule has 1 fully saturated rings. The average Bonchev–Trinajstić information content (AvgIpc) is 2.87. The molecular weight excluding hydrogens is 504 g/mol. The molecule has 0 heterocycles. The summed E-state index contributed by atoms with van der Waals surface area (Å²) in [5.74, 6) is -4.57. The van der Waals surface area contributed by atoms with Gasteiger partial charge in [-0.15, -0.1) is 0 Å². The third kappa shape index (κ3) is 6.81. The Morgan fingerprint density at radius 3 is 1.79 bits per heavy atom. The van der Waals surface area contributed by atoms with E-state index in [1.54, 1.807) is 0 Å². The Morgan fingerprint density at radius 2 is 1.32 bits per heavy atom. The van der Waals surface area contributed by atoms with Crippen molar-refractivity contribution in [1.82, 2.24) is 0 Å². The van der Waals surface area contributed by atoms with Crippen LogP contribution in [0.25, 0.3) is 12.2 Å². The van der Waals surface area contributed by atoms with Gasteiger partial charge in [0, 0.05) is 25.0 Å². The quantitative estimate of drug-likeness (QED) is 0.129. The lowest BCUT2D eigenvalue weighted by Gasteiger charge is -2.41. The fourth-order valence-electron chi connectivity index (χ4n) is 3.84. The van der Waals surface area contributed by atoms with Crippen LogP contribution >= 0.6 is 0 Å². The molecule has 2 aromatic carbocycles. The first-order chi connectivity index (χ1) is 17.9. The van der Waals surface area contributed by atoms with Gasteiger partial charge >= 0.3 is 17.9 Å². The number of benzene rings is 2. The first-order valence-corrected chi connectivity index (χ1v) is 11.2. The lowest BCUT2D eigenvalue weighted by atomic mass is 9.79. The highest BCUT2D eigenvalue weighted by molar-refractivity contribution is 5.88. The number of aliphatic hydroxyl groups excluding tert-OH is 1. The molecule has 12 nitrogen and oxygen atoms in total. The van der Waals surface area contributed by atoms with Crippen molar-refractivity contribution in [1.29, 1.82) is 0 Å². The molecule has 1 aliphatic rings. The van der Waals surface area contributed by atoms with E-state index in [9.17, 15) is 45.0 Å². The van der Waals surface area contributed by atoms with Crippen LogP contribution in [-0.4, -0.2) is 79.6 Å². The first-order valence-electron chi connectivity index (χ1n) is 11.2. The molecule has 1 aliphatic carbocycles. The molecule has 0 aliphatic heterocycles. The van der Waals surface area contributed by atoms with E-state index in [0.717, 1.165) is 19.3 Å². The third-order valence-corrected chi connectivity index (χ3v) is 5.74. The van der Waals surface area contributed by atoms with Crippen LogP contribution in [-0.2, 0) is 28.6 Å². The minimum Gasteiger partial charge on any atom is -0.504 e. The number of aromatic hydroxyl groups is 4. The van der Waals surface area contributed by atoms with Crippen LogP contribution in [0.4, 0.5) is 0 Å². The molecule has 6 N–H and O–H groups in total. The van der Waals surface area contributed by atoms with Gasteiger partial charge in [0.05, 0.1) is 13.2 Å². The summed E-state index contributed by atoms with van der Waals surface area (Å²) in [5, 5.41) is 59.2. The van der Waals surface area contributed by atoms with Crippen LogP contribution in [0.2, 0.25) is 0 Å². The van der Waals surface area contributed by atoms with E-state index < -0.39 is 66.2 Å². The monoisotopic (exact) mass is 530 g/mol. The molecule has 0 radical (unpaired) electrons. The van der Waals surface area contributed by atoms with Gasteiger partial charge in [0.25, 0.3) is 0 Å². The van der Waals surface area contributed by atoms with Gasteiger partial charge in [-0.1, -0.05) is 12.1 Å². The van der Waals surface area contributed by atoms with Gasteiger partial charge in [0.1, 0.15) is 6.10 Å². The number of ether oxygens (including phenoxy) is 3. The predicted molar refractivity (Wildman–Crippen MR) is 130 cm³/mol. The van der Waals surface area contributed by atoms with Gasteiger partial charge in [-0.2, -0.15) is 0 Å². The summed E-state index contributed by atoms with van der Waals surface area (Å²) in [6.45, 7) is 0. The highest BCUT2D eigenvalue weighted by Gasteiger charge is 2.52. The fraction of sp³-hybridized carbons (Fsp3) is 0.269. The van der Waals surface area contributed by atoms with Gasteiger partial charge in [0.2, 0.25) is 0 Å². The topological polar surface area (TPSA) is 200 Å². The minimum atomic E-state index is -2.23. The van der Waals surface area contributed by atoms with Gasteiger partial charge in [-0.3, -0.25) is 0 Å². The molecule has 38 heavy (non-hydrogen) atoms. The predicted octanol–water partition coefficient (Wildman–Crippen LogP) is 1.12. The summed E-state index contributed by atoms with van der Waals surface area (Å²) >= 11 is 0. The molecule has 2 aromatic rings. The zero-order valence-electron chi connectivity index (χ0n) is 20.1. The fourth-order valence-corrected chi connectivity index (χ4v) is 3.84. The summed E-state index contributed by atoms with van der Waals surface area (Å²) in [7, 11) is 1.03. The Kier molecular flexibility index (Phi) is 8.61. The molecule has 0 amide bonds. The highest BCUT2D eigenvalue weighted by atomic mass is 16.6. The Balaban J connectivity index is 1.77. The van der Waals surface area contributed by atoms with E-state index in [-0.39, 0.29) is 11.5 Å². The van der Waals surface area contributed by atoms with Crippen LogP contribution in [0.1, 0.15) is 24.0 Å². The molecule has 3 rings (SSSR count). The average molecular weight is 530 g/mol. The second-order valence-electron chi connectivity index (χ2n) is 8.54. The number of methoxy groups -OCH3 is 1. The van der Waals surface area contributed by atoms with Crippen molar-refractivity contribution in [3.8, 4) is 23.0 Å². The summed E-state index contributed by atoms with van der Waals surface area (Å²) in [6.07, 6.45) is -1.24. The Bertz CT molecular complexity index is 1270. The van der Waals surface area contributed by atoms with Crippen molar-refractivity contribution < 1.29 is 59.2 Å². The summed E-state index contributed by atoms with van der Waals surface area (Å²) in [6, 6.07) is 7.61. The van der Waals surface area contributed by atoms with Crippen LogP contribution in [0, 0.1) is 0 Å². The number of carbonyl (C=O) groups excluding carboxylic acids is 3. The molecule has 1 saturated carbocycles. The minimum absolute atomic E-state index is 0.334. The molecule has 4 atom stereocenters. The van der Waals surface area contributed by atoms with Crippen molar-refractivity contribution in [3.05, 3.63) is 59.7 Å². The SMILES string of the molecule is COC(=O)[C@]1(O)C[C@@H](O)[C@@H](OC(=O)/C=C/c2ccc(O)c(O)c2)[C@H](OC(=O)/C=C/c2ccc(O)c(O)c2)C1. The number of aliphatic hydroxyl groups is 2. The molecular formula is C26H26O12. The standard InChI is InChI=1S/C26H26O12/c1-36-25(34)26(35)12-20(31)24(38-23(33)9-5-15-3-7-17(28)19(30)11-15)21(13-26)37-22(32)8-4-14-2-6-16(27)18(29)10-14/h2-11,20-21,24,27-31,35H,12-13H2,1H3/b8-4+,9-5+/t20-,21-,24-,26+/m1/s1. The van der Waals surface area contributed by atoms with Gasteiger partial charge < -0.3 is 44.8 Å². The zero-order chi connectivity index (χ0) is 28.0. The second-order valence-corrected chi connectivity index (χ2v) is 8.54. The molecule has 0 spiro atoms. The van der Waals surface area contributed by atoms with Gasteiger partial charge in [0.15, 0.2) is 34.7 Å². The van der Waals surface area contributed by atoms with E-state index in [1.807, 2.05) is 0 Å². The normalized spacial score (nSPS) is 23.3. The first kappa shape index (κ1) is 28.0. The smallest absolute Gasteiger partial charge is 0.338 e. The van der Waals surface area contributed by atoms with Crippen molar-refractivity contribution in [2.24, 2.45) is 0 Å². The number of phenols is 4. The van der Waals surface area contributed by atoms with Crippen LogP contribution in [0.5, 0.6) is 23.0 Å². The number of phenolic OH excluding ortho intramolecular Hbond substituents is 4. The molecule has 0 saturated heterocycles. The van der Waals surface area contributed by atoms with Crippen molar-refractivity contribution >= 4 is 30.1 Å². The molecule has 0 bridgehead atoms. The van der Waals surface area contributed by atoms with E-state index in [0.29, 0.717) is 11.1 Å². The third-order valence-electron chi connectivity index (χ3n) is 5.74. The zero-order valence-corrected chi connectivity index (χ0v) is 20.1. The maximum atomic E-state index is 12.5.